The molecule has 0 saturated carbocycles. The molecule has 0 aromatic heterocycles. The van der Waals surface area contributed by atoms with Gasteiger partial charge in [0.05, 0.1) is 6.61 Å². The molecule has 1 rings (SSSR count). The molecule has 0 aromatic rings. The van der Waals surface area contributed by atoms with Gasteiger partial charge in [-0.05, 0) is 0 Å². The Kier molecular flexibility index (Phi) is 4.43. The number of carboxylic acids is 1. The molecule has 1 unspecified atom stereocenters. The van der Waals surface area contributed by atoms with E-state index in [0.717, 1.165) is 0 Å². The SMILES string of the molecule is O=C(O)C1NCCO1.[H-].[Na+]. The van der Waals surface area contributed by atoms with E-state index in [9.17, 15) is 4.79 Å². The van der Waals surface area contributed by atoms with Crippen LogP contribution in [0.3, 0.4) is 0 Å². The predicted molar refractivity (Wildman–Crippen MR) is 26.5 cm³/mol. The van der Waals surface area contributed by atoms with Gasteiger partial charge in [-0.15, -0.1) is 0 Å². The molecule has 5 heteroatoms. The molecule has 0 bridgehead atoms. The summed E-state index contributed by atoms with van der Waals surface area (Å²) in [5.74, 6) is -0.942. The second-order valence-electron chi connectivity index (χ2n) is 1.54. The maximum absolute atomic E-state index is 10.0. The van der Waals surface area contributed by atoms with Gasteiger partial charge in [0.25, 0.3) is 0 Å². The molecule has 2 N–H and O–H groups in total. The van der Waals surface area contributed by atoms with Crippen molar-refractivity contribution in [2.45, 2.75) is 6.23 Å². The van der Waals surface area contributed by atoms with E-state index in [1.54, 1.807) is 0 Å². The summed E-state index contributed by atoms with van der Waals surface area (Å²) in [7, 11) is 0. The van der Waals surface area contributed by atoms with E-state index in [2.05, 4.69) is 5.32 Å². The normalized spacial score (nSPS) is 25.1. The maximum atomic E-state index is 10.0. The van der Waals surface area contributed by atoms with Crippen molar-refractivity contribution in [3.63, 3.8) is 0 Å². The molecule has 0 aromatic carbocycles. The quantitative estimate of drug-likeness (QED) is 0.367. The van der Waals surface area contributed by atoms with Crippen molar-refractivity contribution in [1.29, 1.82) is 0 Å². The number of rotatable bonds is 1. The van der Waals surface area contributed by atoms with Gasteiger partial charge >= 0.3 is 35.5 Å². The Morgan fingerprint density at radius 3 is 2.78 bits per heavy atom. The molecule has 9 heavy (non-hydrogen) atoms. The molecule has 1 aliphatic rings. The number of nitrogens with one attached hydrogen (secondary N) is 1. The van der Waals surface area contributed by atoms with Crippen molar-refractivity contribution >= 4 is 5.97 Å². The Bertz CT molecular complexity index is 107. The minimum absolute atomic E-state index is 0. The average Bonchev–Trinajstić information content (AvgIpc) is 2.12. The van der Waals surface area contributed by atoms with Gasteiger partial charge in [0.2, 0.25) is 6.23 Å². The Morgan fingerprint density at radius 2 is 2.56 bits per heavy atom. The first-order valence-electron chi connectivity index (χ1n) is 2.38. The molecule has 4 nitrogen and oxygen atoms in total. The van der Waals surface area contributed by atoms with Crippen molar-refractivity contribution in [1.82, 2.24) is 5.32 Å². The van der Waals surface area contributed by atoms with Gasteiger partial charge in [-0.25, -0.2) is 4.79 Å². The maximum Gasteiger partial charge on any atom is 1.00 e. The third-order valence-electron chi connectivity index (χ3n) is 0.941. The number of hydrogen-bond acceptors (Lipinski definition) is 3. The molecular formula is C4H8NNaO3. The second-order valence-corrected chi connectivity index (χ2v) is 1.54. The van der Waals surface area contributed by atoms with Crippen LogP contribution in [0, 0.1) is 0 Å². The van der Waals surface area contributed by atoms with E-state index < -0.39 is 12.2 Å². The molecule has 0 amide bonds. The molecule has 1 fully saturated rings. The zero-order chi connectivity index (χ0) is 5.98. The predicted octanol–water partition coefficient (Wildman–Crippen LogP) is -3.87. The minimum Gasteiger partial charge on any atom is -1.00 e. The van der Waals surface area contributed by atoms with Crippen molar-refractivity contribution in [2.75, 3.05) is 13.2 Å². The van der Waals surface area contributed by atoms with Crippen LogP contribution in [0.15, 0.2) is 0 Å². The van der Waals surface area contributed by atoms with Crippen molar-refractivity contribution in [3.8, 4) is 0 Å². The van der Waals surface area contributed by atoms with Gasteiger partial charge in [-0.1, -0.05) is 0 Å². The summed E-state index contributed by atoms with van der Waals surface area (Å²) in [6.07, 6.45) is -0.769. The van der Waals surface area contributed by atoms with E-state index in [1.807, 2.05) is 0 Å². The van der Waals surface area contributed by atoms with Crippen LogP contribution in [-0.4, -0.2) is 30.5 Å². The molecule has 1 saturated heterocycles. The number of aliphatic carboxylic acids is 1. The van der Waals surface area contributed by atoms with Crippen molar-refractivity contribution in [3.05, 3.63) is 0 Å². The fourth-order valence-electron chi connectivity index (χ4n) is 0.584. The van der Waals surface area contributed by atoms with E-state index in [-0.39, 0.29) is 31.0 Å². The molecule has 1 heterocycles. The van der Waals surface area contributed by atoms with Crippen LogP contribution in [0.5, 0.6) is 0 Å². The standard InChI is InChI=1S/C4H7NO3.Na.H/c6-4(7)3-5-1-2-8-3;;/h3,5H,1-2H2,(H,6,7);;/q;+1;-1. The molecule has 0 aliphatic carbocycles. The topological polar surface area (TPSA) is 58.6 Å². The van der Waals surface area contributed by atoms with Crippen LogP contribution in [-0.2, 0) is 9.53 Å². The van der Waals surface area contributed by atoms with Crippen LogP contribution < -0.4 is 34.9 Å². The summed E-state index contributed by atoms with van der Waals surface area (Å²) >= 11 is 0. The van der Waals surface area contributed by atoms with Gasteiger partial charge in [-0.2, -0.15) is 0 Å². The monoisotopic (exact) mass is 141 g/mol. The average molecular weight is 141 g/mol. The van der Waals surface area contributed by atoms with Crippen LogP contribution in [0.25, 0.3) is 0 Å². The van der Waals surface area contributed by atoms with Gasteiger partial charge in [-0.3, -0.25) is 5.32 Å². The summed E-state index contributed by atoms with van der Waals surface area (Å²) < 4.78 is 4.70. The molecule has 1 aliphatic heterocycles. The largest absolute Gasteiger partial charge is 1.00 e. The Balaban J connectivity index is 0. The minimum atomic E-state index is -0.942. The summed E-state index contributed by atoms with van der Waals surface area (Å²) in [6, 6.07) is 0. The molecular weight excluding hydrogens is 133 g/mol. The number of ether oxygens (including phenoxy) is 1. The number of carbonyl (C=O) groups is 1. The van der Waals surface area contributed by atoms with Gasteiger partial charge in [0.15, 0.2) is 0 Å². The third-order valence-corrected chi connectivity index (χ3v) is 0.941. The Hall–Kier alpha value is 0.390. The second kappa shape index (κ2) is 4.24. The summed E-state index contributed by atoms with van der Waals surface area (Å²) in [6.45, 7) is 1.13. The van der Waals surface area contributed by atoms with E-state index in [0.29, 0.717) is 13.2 Å². The van der Waals surface area contributed by atoms with Gasteiger partial charge in [0.1, 0.15) is 0 Å². The first kappa shape index (κ1) is 9.39. The smallest absolute Gasteiger partial charge is 1.00 e. The number of hydrogen-bond donors (Lipinski definition) is 2. The summed E-state index contributed by atoms with van der Waals surface area (Å²) in [5.41, 5.74) is 0. The van der Waals surface area contributed by atoms with Crippen molar-refractivity contribution < 1.29 is 45.6 Å². The fourth-order valence-corrected chi connectivity index (χ4v) is 0.584. The van der Waals surface area contributed by atoms with E-state index in [1.165, 1.54) is 0 Å². The van der Waals surface area contributed by atoms with Gasteiger partial charge in [0, 0.05) is 6.54 Å². The summed E-state index contributed by atoms with van der Waals surface area (Å²) in [4.78, 5) is 10.0. The van der Waals surface area contributed by atoms with Gasteiger partial charge < -0.3 is 11.3 Å². The number of carboxylic acid groups (broad SMARTS) is 1. The van der Waals surface area contributed by atoms with Crippen LogP contribution >= 0.6 is 0 Å². The molecule has 0 radical (unpaired) electrons. The first-order valence-corrected chi connectivity index (χ1v) is 2.38. The van der Waals surface area contributed by atoms with Crippen LogP contribution in [0.1, 0.15) is 1.43 Å². The third kappa shape index (κ3) is 2.64. The fraction of sp³-hybridized carbons (Fsp3) is 0.750. The van der Waals surface area contributed by atoms with E-state index in [4.69, 9.17) is 9.84 Å². The zero-order valence-electron chi connectivity index (χ0n) is 6.26. The summed E-state index contributed by atoms with van der Waals surface area (Å²) in [5, 5.41) is 10.9. The van der Waals surface area contributed by atoms with E-state index >= 15 is 0 Å². The zero-order valence-corrected chi connectivity index (χ0v) is 7.26. The first-order chi connectivity index (χ1) is 3.80. The molecule has 0 spiro atoms. The Morgan fingerprint density at radius 1 is 1.89 bits per heavy atom. The molecule has 48 valence electrons. The van der Waals surface area contributed by atoms with Crippen LogP contribution in [0.4, 0.5) is 0 Å². The Labute approximate surface area is 76.3 Å². The molecule has 1 atom stereocenters. The van der Waals surface area contributed by atoms with Crippen molar-refractivity contribution in [2.24, 2.45) is 0 Å². The van der Waals surface area contributed by atoms with Crippen LogP contribution in [0.2, 0.25) is 0 Å².